The average Bonchev–Trinajstić information content (AvgIpc) is 2.98. The van der Waals surface area contributed by atoms with Crippen molar-refractivity contribution in [1.82, 2.24) is 9.80 Å². The maximum Gasteiger partial charge on any atom is 0.306 e. The molecule has 1 aliphatic carbocycles. The second kappa shape index (κ2) is 7.02. The highest BCUT2D eigenvalue weighted by molar-refractivity contribution is 5.90. The Morgan fingerprint density at radius 1 is 1.12 bits per heavy atom. The minimum Gasteiger partial charge on any atom is -0.481 e. The minimum atomic E-state index is -0.781. The Morgan fingerprint density at radius 3 is 2.40 bits per heavy atom. The lowest BCUT2D eigenvalue weighted by atomic mass is 9.92. The summed E-state index contributed by atoms with van der Waals surface area (Å²) in [6, 6.07) is 0. The van der Waals surface area contributed by atoms with E-state index in [1.54, 1.807) is 9.80 Å². The van der Waals surface area contributed by atoms with Crippen LogP contribution in [0.5, 0.6) is 0 Å². The number of allylic oxidation sites excluding steroid dienone is 4. The number of hydrogen-bond donors (Lipinski definition) is 1. The maximum absolute atomic E-state index is 12.7. The second-order valence-electron chi connectivity index (χ2n) is 7.52. The molecule has 3 rings (SSSR count). The molecule has 0 aromatic heterocycles. The van der Waals surface area contributed by atoms with Crippen molar-refractivity contribution in [2.24, 2.45) is 17.8 Å². The molecular weight excluding hydrogens is 320 g/mol. The number of carboxylic acid groups (broad SMARTS) is 1. The minimum absolute atomic E-state index is 0.00382. The molecule has 6 heteroatoms. The van der Waals surface area contributed by atoms with Gasteiger partial charge < -0.3 is 14.9 Å². The number of nitrogens with zero attached hydrogens (tertiary/aromatic N) is 2. The topological polar surface area (TPSA) is 77.9 Å². The standard InChI is InChI=1S/C19H26N2O4/c1-12-3-4-16(9-13(12)2)21-11-15(10-17(21)22)18(23)20-7-5-14(6-8-20)19(24)25/h3-4,13-15H,5-11H2,1-2H3,(H,24,25). The molecule has 6 nitrogen and oxygen atoms in total. The largest absolute Gasteiger partial charge is 0.481 e. The summed E-state index contributed by atoms with van der Waals surface area (Å²) in [7, 11) is 0. The number of rotatable bonds is 3. The Labute approximate surface area is 148 Å². The van der Waals surface area contributed by atoms with E-state index in [0.29, 0.717) is 38.4 Å². The van der Waals surface area contributed by atoms with Gasteiger partial charge in [0.25, 0.3) is 0 Å². The van der Waals surface area contributed by atoms with Crippen molar-refractivity contribution in [3.8, 4) is 0 Å². The van der Waals surface area contributed by atoms with Crippen LogP contribution in [0.15, 0.2) is 23.4 Å². The summed E-state index contributed by atoms with van der Waals surface area (Å²) < 4.78 is 0. The van der Waals surface area contributed by atoms with Crippen LogP contribution in [0.25, 0.3) is 0 Å². The quantitative estimate of drug-likeness (QED) is 0.848. The molecule has 2 unspecified atom stereocenters. The summed E-state index contributed by atoms with van der Waals surface area (Å²) in [6.45, 7) is 5.64. The molecule has 2 amide bonds. The van der Waals surface area contributed by atoms with Gasteiger partial charge in [-0.25, -0.2) is 0 Å². The van der Waals surface area contributed by atoms with Gasteiger partial charge in [0.1, 0.15) is 0 Å². The lowest BCUT2D eigenvalue weighted by molar-refractivity contribution is -0.146. The van der Waals surface area contributed by atoms with Gasteiger partial charge >= 0.3 is 5.97 Å². The van der Waals surface area contributed by atoms with Gasteiger partial charge in [-0.1, -0.05) is 18.6 Å². The SMILES string of the molecule is CC1=CC=C(N2CC(C(=O)N3CCC(C(=O)O)CC3)CC2=O)CC1C. The van der Waals surface area contributed by atoms with E-state index in [-0.39, 0.29) is 30.1 Å². The lowest BCUT2D eigenvalue weighted by Crippen LogP contribution is -2.43. The van der Waals surface area contributed by atoms with Crippen LogP contribution >= 0.6 is 0 Å². The van der Waals surface area contributed by atoms with Crippen molar-refractivity contribution in [2.75, 3.05) is 19.6 Å². The van der Waals surface area contributed by atoms with Crippen molar-refractivity contribution >= 4 is 17.8 Å². The monoisotopic (exact) mass is 346 g/mol. The van der Waals surface area contributed by atoms with Crippen LogP contribution in [-0.4, -0.2) is 52.3 Å². The van der Waals surface area contributed by atoms with E-state index >= 15 is 0 Å². The third-order valence-electron chi connectivity index (χ3n) is 5.81. The number of piperidine rings is 1. The number of carbonyl (C=O) groups excluding carboxylic acids is 2. The molecule has 2 aliphatic heterocycles. The fourth-order valence-electron chi connectivity index (χ4n) is 3.89. The Hall–Kier alpha value is -2.11. The molecule has 0 saturated carbocycles. The predicted octanol–water partition coefficient (Wildman–Crippen LogP) is 2.03. The van der Waals surface area contributed by atoms with Crippen molar-refractivity contribution < 1.29 is 19.5 Å². The number of aliphatic carboxylic acids is 1. The first-order valence-electron chi connectivity index (χ1n) is 9.06. The molecule has 0 aromatic carbocycles. The van der Waals surface area contributed by atoms with Gasteiger partial charge in [-0.3, -0.25) is 14.4 Å². The number of likely N-dealkylation sites (tertiary alicyclic amines) is 2. The van der Waals surface area contributed by atoms with Crippen molar-refractivity contribution in [1.29, 1.82) is 0 Å². The molecule has 3 aliphatic rings. The van der Waals surface area contributed by atoms with Crippen molar-refractivity contribution in [3.63, 3.8) is 0 Å². The number of carboxylic acids is 1. The average molecular weight is 346 g/mol. The van der Waals surface area contributed by atoms with E-state index in [4.69, 9.17) is 5.11 Å². The zero-order valence-electron chi connectivity index (χ0n) is 14.9. The Kier molecular flexibility index (Phi) is 4.97. The Bertz CT molecular complexity index is 644. The fraction of sp³-hybridized carbons (Fsp3) is 0.632. The van der Waals surface area contributed by atoms with E-state index in [1.165, 1.54) is 5.57 Å². The summed E-state index contributed by atoms with van der Waals surface area (Å²) in [4.78, 5) is 39.7. The van der Waals surface area contributed by atoms with Gasteiger partial charge in [0.05, 0.1) is 11.8 Å². The number of carbonyl (C=O) groups is 3. The van der Waals surface area contributed by atoms with Gasteiger partial charge in [-0.2, -0.15) is 0 Å². The van der Waals surface area contributed by atoms with Gasteiger partial charge in [0, 0.05) is 31.8 Å². The molecular formula is C19H26N2O4. The number of hydrogen-bond acceptors (Lipinski definition) is 3. The van der Waals surface area contributed by atoms with Crippen LogP contribution in [-0.2, 0) is 14.4 Å². The fourth-order valence-corrected chi connectivity index (χ4v) is 3.89. The zero-order valence-corrected chi connectivity index (χ0v) is 14.9. The van der Waals surface area contributed by atoms with Crippen LogP contribution in [0.3, 0.4) is 0 Å². The van der Waals surface area contributed by atoms with Crippen LogP contribution < -0.4 is 0 Å². The molecule has 0 radical (unpaired) electrons. The molecule has 0 bridgehead atoms. The van der Waals surface area contributed by atoms with Crippen LogP contribution in [0.4, 0.5) is 0 Å². The van der Waals surface area contributed by atoms with Crippen LogP contribution in [0.1, 0.15) is 39.5 Å². The first kappa shape index (κ1) is 17.7. The van der Waals surface area contributed by atoms with E-state index in [1.807, 2.05) is 6.08 Å². The molecule has 1 N–H and O–H groups in total. The third-order valence-corrected chi connectivity index (χ3v) is 5.81. The first-order chi connectivity index (χ1) is 11.9. The molecule has 2 fully saturated rings. The molecule has 2 heterocycles. The molecule has 136 valence electrons. The normalized spacial score (nSPS) is 28.0. The van der Waals surface area contributed by atoms with Crippen molar-refractivity contribution in [3.05, 3.63) is 23.4 Å². The highest BCUT2D eigenvalue weighted by Gasteiger charge is 2.39. The summed E-state index contributed by atoms with van der Waals surface area (Å²) in [5, 5.41) is 9.06. The number of amides is 2. The molecule has 0 aromatic rings. The zero-order chi connectivity index (χ0) is 18.1. The van der Waals surface area contributed by atoms with Crippen LogP contribution in [0, 0.1) is 17.8 Å². The molecule has 25 heavy (non-hydrogen) atoms. The van der Waals surface area contributed by atoms with Gasteiger partial charge in [-0.05, 0) is 38.2 Å². The summed E-state index contributed by atoms with van der Waals surface area (Å²) in [6.07, 6.45) is 6.14. The van der Waals surface area contributed by atoms with E-state index in [9.17, 15) is 14.4 Å². The molecule has 2 atom stereocenters. The van der Waals surface area contributed by atoms with Crippen LogP contribution in [0.2, 0.25) is 0 Å². The third kappa shape index (κ3) is 3.62. The van der Waals surface area contributed by atoms with E-state index in [0.717, 1.165) is 12.1 Å². The first-order valence-corrected chi connectivity index (χ1v) is 9.06. The smallest absolute Gasteiger partial charge is 0.306 e. The second-order valence-corrected chi connectivity index (χ2v) is 7.52. The van der Waals surface area contributed by atoms with Gasteiger partial charge in [-0.15, -0.1) is 0 Å². The summed E-state index contributed by atoms with van der Waals surface area (Å²) >= 11 is 0. The summed E-state index contributed by atoms with van der Waals surface area (Å²) in [5.74, 6) is -1.01. The van der Waals surface area contributed by atoms with E-state index in [2.05, 4.69) is 19.9 Å². The van der Waals surface area contributed by atoms with Gasteiger partial charge in [0.2, 0.25) is 11.8 Å². The molecule has 0 spiro atoms. The Morgan fingerprint density at radius 2 is 1.80 bits per heavy atom. The highest BCUT2D eigenvalue weighted by Crippen LogP contribution is 2.32. The predicted molar refractivity (Wildman–Crippen MR) is 92.4 cm³/mol. The summed E-state index contributed by atoms with van der Waals surface area (Å²) in [5.41, 5.74) is 2.31. The lowest BCUT2D eigenvalue weighted by Gasteiger charge is -2.32. The Balaban J connectivity index is 1.61. The van der Waals surface area contributed by atoms with Gasteiger partial charge in [0.15, 0.2) is 0 Å². The maximum atomic E-state index is 12.7. The van der Waals surface area contributed by atoms with E-state index < -0.39 is 5.97 Å². The highest BCUT2D eigenvalue weighted by atomic mass is 16.4. The van der Waals surface area contributed by atoms with Crippen molar-refractivity contribution in [2.45, 2.75) is 39.5 Å². The molecule has 2 saturated heterocycles.